The number of aromatic nitrogens is 2. The van der Waals surface area contributed by atoms with Crippen LogP contribution in [-0.4, -0.2) is 21.3 Å². The van der Waals surface area contributed by atoms with Crippen molar-refractivity contribution >= 4 is 11.6 Å². The topological polar surface area (TPSA) is 72.4 Å². The van der Waals surface area contributed by atoms with E-state index in [1.165, 1.54) is 0 Å². The second kappa shape index (κ2) is 4.55. The Bertz CT molecular complexity index is 544. The molecule has 0 aliphatic carbocycles. The monoisotopic (exact) mass is 232 g/mol. The normalized spacial score (nSPS) is 12.6. The van der Waals surface area contributed by atoms with Gasteiger partial charge in [-0.1, -0.05) is 6.07 Å². The molecule has 0 fully saturated rings. The first-order valence-corrected chi connectivity index (χ1v) is 5.54. The molecule has 1 atom stereocenters. The van der Waals surface area contributed by atoms with Crippen LogP contribution in [0.3, 0.4) is 0 Å². The van der Waals surface area contributed by atoms with E-state index in [4.69, 9.17) is 5.73 Å². The fourth-order valence-corrected chi connectivity index (χ4v) is 1.63. The van der Waals surface area contributed by atoms with Crippen LogP contribution in [0.1, 0.15) is 18.2 Å². The maximum absolute atomic E-state index is 11.3. The standard InChI is InChI=1S/C12H16N4O/c1-8-4-3-5-16-7-10(15-11(8)16)6-14-12(17)9(2)13/h3-5,7,9H,6,13H2,1-2H3,(H,14,17). The summed E-state index contributed by atoms with van der Waals surface area (Å²) < 4.78 is 1.95. The first-order valence-electron chi connectivity index (χ1n) is 5.54. The van der Waals surface area contributed by atoms with E-state index in [9.17, 15) is 4.79 Å². The zero-order chi connectivity index (χ0) is 12.4. The van der Waals surface area contributed by atoms with E-state index in [1.54, 1.807) is 6.92 Å². The maximum atomic E-state index is 11.3. The van der Waals surface area contributed by atoms with Crippen LogP contribution in [0.2, 0.25) is 0 Å². The molecule has 0 aromatic carbocycles. The van der Waals surface area contributed by atoms with Gasteiger partial charge in [-0.3, -0.25) is 4.79 Å². The lowest BCUT2D eigenvalue weighted by atomic mass is 10.3. The summed E-state index contributed by atoms with van der Waals surface area (Å²) >= 11 is 0. The molecule has 2 rings (SSSR count). The second-order valence-electron chi connectivity index (χ2n) is 4.16. The van der Waals surface area contributed by atoms with E-state index in [2.05, 4.69) is 10.3 Å². The highest BCUT2D eigenvalue weighted by molar-refractivity contribution is 5.80. The SMILES string of the molecule is Cc1cccn2cc(CNC(=O)C(C)N)nc12. The van der Waals surface area contributed by atoms with Gasteiger partial charge in [-0.25, -0.2) is 4.98 Å². The number of carbonyl (C=O) groups excluding carboxylic acids is 1. The first-order chi connectivity index (χ1) is 8.08. The zero-order valence-corrected chi connectivity index (χ0v) is 9.97. The summed E-state index contributed by atoms with van der Waals surface area (Å²) in [6.45, 7) is 4.07. The maximum Gasteiger partial charge on any atom is 0.236 e. The summed E-state index contributed by atoms with van der Waals surface area (Å²) in [5.74, 6) is -0.168. The Hall–Kier alpha value is -1.88. The van der Waals surface area contributed by atoms with Gasteiger partial charge in [0.2, 0.25) is 5.91 Å². The Morgan fingerprint density at radius 3 is 3.06 bits per heavy atom. The van der Waals surface area contributed by atoms with Crippen molar-refractivity contribution in [2.24, 2.45) is 5.73 Å². The third kappa shape index (κ3) is 2.45. The predicted octanol–water partition coefficient (Wildman–Crippen LogP) is 0.606. The number of amides is 1. The average molecular weight is 232 g/mol. The molecule has 2 heterocycles. The summed E-state index contributed by atoms with van der Waals surface area (Å²) in [5.41, 5.74) is 8.31. The van der Waals surface area contributed by atoms with E-state index in [0.29, 0.717) is 6.54 Å². The van der Waals surface area contributed by atoms with Crippen molar-refractivity contribution < 1.29 is 4.79 Å². The van der Waals surface area contributed by atoms with Gasteiger partial charge in [-0.2, -0.15) is 0 Å². The summed E-state index contributed by atoms with van der Waals surface area (Å²) in [6.07, 6.45) is 3.84. The van der Waals surface area contributed by atoms with Gasteiger partial charge in [0.15, 0.2) is 0 Å². The quantitative estimate of drug-likeness (QED) is 0.814. The number of hydrogen-bond acceptors (Lipinski definition) is 3. The van der Waals surface area contributed by atoms with E-state index < -0.39 is 6.04 Å². The second-order valence-corrected chi connectivity index (χ2v) is 4.16. The molecule has 0 radical (unpaired) electrons. The molecular formula is C12H16N4O. The highest BCUT2D eigenvalue weighted by Gasteiger charge is 2.08. The van der Waals surface area contributed by atoms with Crippen molar-refractivity contribution in [1.29, 1.82) is 0 Å². The summed E-state index contributed by atoms with van der Waals surface area (Å²) in [5, 5.41) is 2.74. The number of nitrogens with two attached hydrogens (primary N) is 1. The van der Waals surface area contributed by atoms with Crippen molar-refractivity contribution in [3.63, 3.8) is 0 Å². The minimum atomic E-state index is -0.492. The number of imidazole rings is 1. The fraction of sp³-hybridized carbons (Fsp3) is 0.333. The lowest BCUT2D eigenvalue weighted by Gasteiger charge is -2.04. The third-order valence-electron chi connectivity index (χ3n) is 2.59. The molecule has 5 nitrogen and oxygen atoms in total. The van der Waals surface area contributed by atoms with Crippen LogP contribution < -0.4 is 11.1 Å². The molecule has 2 aromatic heterocycles. The molecule has 1 amide bonds. The Morgan fingerprint density at radius 1 is 1.65 bits per heavy atom. The summed E-state index contributed by atoms with van der Waals surface area (Å²) in [7, 11) is 0. The molecular weight excluding hydrogens is 216 g/mol. The van der Waals surface area contributed by atoms with E-state index >= 15 is 0 Å². The van der Waals surface area contributed by atoms with E-state index in [1.807, 2.05) is 35.9 Å². The highest BCUT2D eigenvalue weighted by Crippen LogP contribution is 2.09. The van der Waals surface area contributed by atoms with Gasteiger partial charge in [0.25, 0.3) is 0 Å². The van der Waals surface area contributed by atoms with Crippen molar-refractivity contribution in [3.8, 4) is 0 Å². The molecule has 90 valence electrons. The van der Waals surface area contributed by atoms with E-state index in [0.717, 1.165) is 16.9 Å². The number of hydrogen-bond donors (Lipinski definition) is 2. The molecule has 0 aliphatic rings. The van der Waals surface area contributed by atoms with Gasteiger partial charge in [-0.05, 0) is 25.5 Å². The van der Waals surface area contributed by atoms with Crippen molar-refractivity contribution in [3.05, 3.63) is 35.8 Å². The molecule has 2 aromatic rings. The summed E-state index contributed by atoms with van der Waals surface area (Å²) in [4.78, 5) is 15.8. The van der Waals surface area contributed by atoms with Crippen LogP contribution in [0.4, 0.5) is 0 Å². The Kier molecular flexibility index (Phi) is 3.10. The number of nitrogens with zero attached hydrogens (tertiary/aromatic N) is 2. The van der Waals surface area contributed by atoms with Crippen LogP contribution in [0.15, 0.2) is 24.5 Å². The largest absolute Gasteiger partial charge is 0.349 e. The van der Waals surface area contributed by atoms with Crippen molar-refractivity contribution in [2.75, 3.05) is 0 Å². The van der Waals surface area contributed by atoms with Crippen LogP contribution in [-0.2, 0) is 11.3 Å². The summed E-state index contributed by atoms with van der Waals surface area (Å²) in [6, 6.07) is 3.48. The first kappa shape index (κ1) is 11.6. The van der Waals surface area contributed by atoms with Gasteiger partial charge in [0, 0.05) is 12.4 Å². The zero-order valence-electron chi connectivity index (χ0n) is 9.97. The Morgan fingerprint density at radius 2 is 2.41 bits per heavy atom. The number of aryl methyl sites for hydroxylation is 1. The van der Waals surface area contributed by atoms with Crippen LogP contribution >= 0.6 is 0 Å². The minimum absolute atomic E-state index is 0.168. The van der Waals surface area contributed by atoms with Gasteiger partial charge in [0.1, 0.15) is 5.65 Å². The Balaban J connectivity index is 2.15. The number of pyridine rings is 1. The molecule has 5 heteroatoms. The molecule has 0 saturated carbocycles. The molecule has 0 saturated heterocycles. The Labute approximate surface area is 99.6 Å². The highest BCUT2D eigenvalue weighted by atomic mass is 16.2. The minimum Gasteiger partial charge on any atom is -0.349 e. The van der Waals surface area contributed by atoms with E-state index in [-0.39, 0.29) is 5.91 Å². The molecule has 0 aliphatic heterocycles. The van der Waals surface area contributed by atoms with Crippen molar-refractivity contribution in [1.82, 2.24) is 14.7 Å². The van der Waals surface area contributed by atoms with Gasteiger partial charge in [-0.15, -0.1) is 0 Å². The number of nitrogens with one attached hydrogen (secondary N) is 1. The van der Waals surface area contributed by atoms with Gasteiger partial charge in [0.05, 0.1) is 18.3 Å². The lowest BCUT2D eigenvalue weighted by Crippen LogP contribution is -2.37. The van der Waals surface area contributed by atoms with Gasteiger partial charge >= 0.3 is 0 Å². The van der Waals surface area contributed by atoms with Gasteiger partial charge < -0.3 is 15.5 Å². The average Bonchev–Trinajstić information content (AvgIpc) is 2.70. The van der Waals surface area contributed by atoms with Crippen molar-refractivity contribution in [2.45, 2.75) is 26.4 Å². The number of fused-ring (bicyclic) bond motifs is 1. The lowest BCUT2D eigenvalue weighted by molar-refractivity contribution is -0.122. The smallest absolute Gasteiger partial charge is 0.236 e. The third-order valence-corrected chi connectivity index (χ3v) is 2.59. The molecule has 0 bridgehead atoms. The molecule has 1 unspecified atom stereocenters. The fourth-order valence-electron chi connectivity index (χ4n) is 1.63. The van der Waals surface area contributed by atoms with Crippen LogP contribution in [0, 0.1) is 6.92 Å². The molecule has 17 heavy (non-hydrogen) atoms. The van der Waals surface area contributed by atoms with Crippen LogP contribution in [0.5, 0.6) is 0 Å². The van der Waals surface area contributed by atoms with Crippen LogP contribution in [0.25, 0.3) is 5.65 Å². The number of rotatable bonds is 3. The number of carbonyl (C=O) groups is 1. The molecule has 0 spiro atoms. The predicted molar refractivity (Wildman–Crippen MR) is 65.4 cm³/mol. The molecule has 3 N–H and O–H groups in total.